The number of aryl methyl sites for hydroxylation is 1. The summed E-state index contributed by atoms with van der Waals surface area (Å²) in [6.07, 6.45) is 1.98. The van der Waals surface area contributed by atoms with E-state index in [0.717, 1.165) is 27.4 Å². The lowest BCUT2D eigenvalue weighted by Gasteiger charge is -2.15. The van der Waals surface area contributed by atoms with E-state index in [1.807, 2.05) is 72.8 Å². The Morgan fingerprint density at radius 1 is 0.862 bits per heavy atom. The molecule has 0 radical (unpaired) electrons. The van der Waals surface area contributed by atoms with E-state index in [2.05, 4.69) is 25.1 Å². The van der Waals surface area contributed by atoms with Crippen molar-refractivity contribution in [2.45, 2.75) is 20.0 Å². The first-order chi connectivity index (χ1) is 14.2. The van der Waals surface area contributed by atoms with Crippen LogP contribution in [-0.4, -0.2) is 16.0 Å². The number of amides is 1. The van der Waals surface area contributed by atoms with Gasteiger partial charge in [0.1, 0.15) is 0 Å². The molecule has 144 valence electrons. The number of rotatable bonds is 5. The van der Waals surface area contributed by atoms with Crippen molar-refractivity contribution in [2.75, 3.05) is 0 Å². The fourth-order valence-electron chi connectivity index (χ4n) is 3.16. The standard InChI is InChI=1S/C25H22N2OS/c1-19-10-8-9-15-22(19)16-23-24(28)27(18-21-13-6-3-7-14-21)25(29-23)26-17-20-11-4-2-5-12-20/h2-16H,17-18H2,1H3. The molecule has 1 aliphatic heterocycles. The lowest BCUT2D eigenvalue weighted by atomic mass is 10.1. The van der Waals surface area contributed by atoms with Gasteiger partial charge >= 0.3 is 0 Å². The Kier molecular flexibility index (Phi) is 5.92. The summed E-state index contributed by atoms with van der Waals surface area (Å²) in [7, 11) is 0. The number of carbonyl (C=O) groups is 1. The average Bonchev–Trinajstić information content (AvgIpc) is 3.04. The van der Waals surface area contributed by atoms with E-state index >= 15 is 0 Å². The first-order valence-corrected chi connectivity index (χ1v) is 10.4. The summed E-state index contributed by atoms with van der Waals surface area (Å²) in [6.45, 7) is 3.13. The van der Waals surface area contributed by atoms with Crippen LogP contribution in [-0.2, 0) is 17.9 Å². The van der Waals surface area contributed by atoms with Crippen LogP contribution >= 0.6 is 11.8 Å². The first-order valence-electron chi connectivity index (χ1n) is 9.60. The van der Waals surface area contributed by atoms with Crippen LogP contribution in [0.5, 0.6) is 0 Å². The van der Waals surface area contributed by atoms with Crippen LogP contribution in [0, 0.1) is 6.92 Å². The van der Waals surface area contributed by atoms with Gasteiger partial charge in [-0.05, 0) is 47.0 Å². The molecule has 0 aromatic heterocycles. The highest BCUT2D eigenvalue weighted by Crippen LogP contribution is 2.34. The number of hydrogen-bond acceptors (Lipinski definition) is 3. The number of aliphatic imine (C=N–C) groups is 1. The van der Waals surface area contributed by atoms with Crippen LogP contribution in [0.3, 0.4) is 0 Å². The van der Waals surface area contributed by atoms with Gasteiger partial charge in [-0.3, -0.25) is 14.7 Å². The van der Waals surface area contributed by atoms with Crippen molar-refractivity contribution >= 4 is 28.9 Å². The molecular formula is C25H22N2OS. The molecule has 29 heavy (non-hydrogen) atoms. The van der Waals surface area contributed by atoms with Crippen molar-refractivity contribution in [3.8, 4) is 0 Å². The summed E-state index contributed by atoms with van der Waals surface area (Å²) in [5, 5.41) is 0.752. The summed E-state index contributed by atoms with van der Waals surface area (Å²) in [5.74, 6) is 0.00826. The summed E-state index contributed by atoms with van der Waals surface area (Å²) in [6, 6.07) is 28.3. The third-order valence-corrected chi connectivity index (χ3v) is 5.83. The predicted octanol–water partition coefficient (Wildman–Crippen LogP) is 5.67. The number of nitrogens with zero attached hydrogens (tertiary/aromatic N) is 2. The number of hydrogen-bond donors (Lipinski definition) is 0. The van der Waals surface area contributed by atoms with E-state index in [-0.39, 0.29) is 5.91 Å². The molecule has 4 rings (SSSR count). The van der Waals surface area contributed by atoms with Crippen LogP contribution in [0.1, 0.15) is 22.3 Å². The molecule has 0 aliphatic carbocycles. The average molecular weight is 399 g/mol. The second kappa shape index (κ2) is 8.93. The van der Waals surface area contributed by atoms with Gasteiger partial charge in [-0.15, -0.1) is 0 Å². The molecule has 0 unspecified atom stereocenters. The van der Waals surface area contributed by atoms with E-state index in [0.29, 0.717) is 18.0 Å². The van der Waals surface area contributed by atoms with Gasteiger partial charge in [-0.2, -0.15) is 0 Å². The molecule has 0 bridgehead atoms. The normalized spacial score (nSPS) is 16.7. The Morgan fingerprint density at radius 2 is 1.48 bits per heavy atom. The Labute approximate surface area is 175 Å². The summed E-state index contributed by atoms with van der Waals surface area (Å²) >= 11 is 1.46. The molecule has 0 saturated carbocycles. The van der Waals surface area contributed by atoms with Crippen LogP contribution < -0.4 is 0 Å². The number of benzene rings is 3. The van der Waals surface area contributed by atoms with Gasteiger partial charge in [-0.25, -0.2) is 0 Å². The van der Waals surface area contributed by atoms with Gasteiger partial charge in [0, 0.05) is 0 Å². The van der Waals surface area contributed by atoms with E-state index in [1.54, 1.807) is 4.90 Å². The van der Waals surface area contributed by atoms with Crippen molar-refractivity contribution in [2.24, 2.45) is 4.99 Å². The number of carbonyl (C=O) groups excluding carboxylic acids is 1. The van der Waals surface area contributed by atoms with Gasteiger partial charge in [-0.1, -0.05) is 84.9 Å². The van der Waals surface area contributed by atoms with E-state index < -0.39 is 0 Å². The fraction of sp³-hybridized carbons (Fsp3) is 0.120. The minimum atomic E-state index is 0.00826. The van der Waals surface area contributed by atoms with Crippen molar-refractivity contribution < 1.29 is 4.79 Å². The van der Waals surface area contributed by atoms with Gasteiger partial charge in [0.15, 0.2) is 5.17 Å². The SMILES string of the molecule is Cc1ccccc1C=C1SC(=NCc2ccccc2)N(Cc2ccccc2)C1=O. The highest BCUT2D eigenvalue weighted by Gasteiger charge is 2.33. The second-order valence-electron chi connectivity index (χ2n) is 6.93. The first kappa shape index (κ1) is 19.2. The highest BCUT2D eigenvalue weighted by atomic mass is 32.2. The molecule has 1 amide bonds. The van der Waals surface area contributed by atoms with Crippen molar-refractivity contribution in [3.63, 3.8) is 0 Å². The zero-order valence-electron chi connectivity index (χ0n) is 16.3. The summed E-state index contributed by atoms with van der Waals surface area (Å²) in [5.41, 5.74) is 4.43. The molecule has 3 nitrogen and oxygen atoms in total. The zero-order chi connectivity index (χ0) is 20.1. The molecule has 1 aliphatic rings. The minimum absolute atomic E-state index is 0.00826. The number of amidine groups is 1. The highest BCUT2D eigenvalue weighted by molar-refractivity contribution is 8.18. The molecule has 0 atom stereocenters. The maximum absolute atomic E-state index is 13.2. The lowest BCUT2D eigenvalue weighted by molar-refractivity contribution is -0.122. The number of thioether (sulfide) groups is 1. The molecule has 1 fully saturated rings. The van der Waals surface area contributed by atoms with E-state index in [1.165, 1.54) is 11.8 Å². The van der Waals surface area contributed by atoms with Gasteiger partial charge in [0.2, 0.25) is 0 Å². The molecule has 3 aromatic carbocycles. The third kappa shape index (κ3) is 4.66. The van der Waals surface area contributed by atoms with Gasteiger partial charge in [0.05, 0.1) is 18.0 Å². The maximum Gasteiger partial charge on any atom is 0.267 e. The predicted molar refractivity (Wildman–Crippen MR) is 121 cm³/mol. The molecule has 1 heterocycles. The largest absolute Gasteiger partial charge is 0.282 e. The smallest absolute Gasteiger partial charge is 0.267 e. The molecule has 0 spiro atoms. The van der Waals surface area contributed by atoms with E-state index in [9.17, 15) is 4.79 Å². The molecule has 3 aromatic rings. The molecule has 0 N–H and O–H groups in total. The fourth-order valence-corrected chi connectivity index (χ4v) is 4.13. The van der Waals surface area contributed by atoms with Crippen LogP contribution in [0.2, 0.25) is 0 Å². The Bertz CT molecular complexity index is 1060. The van der Waals surface area contributed by atoms with Crippen molar-refractivity contribution in [1.82, 2.24) is 4.90 Å². The monoisotopic (exact) mass is 398 g/mol. The summed E-state index contributed by atoms with van der Waals surface area (Å²) < 4.78 is 0. The topological polar surface area (TPSA) is 32.7 Å². The minimum Gasteiger partial charge on any atom is -0.282 e. The Balaban J connectivity index is 1.65. The molecule has 4 heteroatoms. The van der Waals surface area contributed by atoms with Crippen molar-refractivity contribution in [3.05, 3.63) is 112 Å². The van der Waals surface area contributed by atoms with Crippen LogP contribution in [0.25, 0.3) is 6.08 Å². The Hall–Kier alpha value is -3.11. The van der Waals surface area contributed by atoms with E-state index in [4.69, 9.17) is 4.99 Å². The van der Waals surface area contributed by atoms with Gasteiger partial charge < -0.3 is 0 Å². The van der Waals surface area contributed by atoms with Crippen LogP contribution in [0.15, 0.2) is 94.8 Å². The quantitative estimate of drug-likeness (QED) is 0.519. The Morgan fingerprint density at radius 3 is 2.17 bits per heavy atom. The molecular weight excluding hydrogens is 376 g/mol. The molecule has 1 saturated heterocycles. The van der Waals surface area contributed by atoms with Gasteiger partial charge in [0.25, 0.3) is 5.91 Å². The van der Waals surface area contributed by atoms with Crippen LogP contribution in [0.4, 0.5) is 0 Å². The summed E-state index contributed by atoms with van der Waals surface area (Å²) in [4.78, 5) is 20.5. The second-order valence-corrected chi connectivity index (χ2v) is 7.94. The maximum atomic E-state index is 13.2. The zero-order valence-corrected chi connectivity index (χ0v) is 17.1. The van der Waals surface area contributed by atoms with Crippen molar-refractivity contribution in [1.29, 1.82) is 0 Å². The lowest BCUT2D eigenvalue weighted by Crippen LogP contribution is -2.28. The third-order valence-electron chi connectivity index (χ3n) is 4.79.